The van der Waals surface area contributed by atoms with Crippen molar-refractivity contribution >= 4 is 28.9 Å². The quantitative estimate of drug-likeness (QED) is 0.641. The van der Waals surface area contributed by atoms with Crippen LogP contribution in [0, 0.1) is 10.1 Å². The summed E-state index contributed by atoms with van der Waals surface area (Å²) < 4.78 is 5.37. The normalized spacial score (nSPS) is 10.0. The lowest BCUT2D eigenvalue weighted by atomic mass is 10.3. The number of amides is 2. The number of nitrogens with zero attached hydrogens (tertiary/aromatic N) is 2. The molecule has 25 heavy (non-hydrogen) atoms. The Hall–Kier alpha value is -3.42. The van der Waals surface area contributed by atoms with Crippen molar-refractivity contribution < 1.29 is 19.2 Å². The number of benzene rings is 2. The fourth-order valence-electron chi connectivity index (χ4n) is 1.96. The van der Waals surface area contributed by atoms with Crippen LogP contribution >= 0.6 is 0 Å². The summed E-state index contributed by atoms with van der Waals surface area (Å²) in [6.07, 6.45) is 0. The largest absolute Gasteiger partial charge is 0.484 e. The molecule has 0 aliphatic rings. The van der Waals surface area contributed by atoms with Crippen LogP contribution < -0.4 is 15.0 Å². The lowest BCUT2D eigenvalue weighted by Gasteiger charge is -2.15. The molecule has 8 heteroatoms. The second-order valence-corrected chi connectivity index (χ2v) is 5.21. The van der Waals surface area contributed by atoms with E-state index in [9.17, 15) is 19.7 Å². The first-order valence-corrected chi connectivity index (χ1v) is 7.38. The summed E-state index contributed by atoms with van der Waals surface area (Å²) in [5, 5.41) is 13.2. The van der Waals surface area contributed by atoms with Gasteiger partial charge >= 0.3 is 0 Å². The molecule has 130 valence electrons. The summed E-state index contributed by atoms with van der Waals surface area (Å²) >= 11 is 0. The smallest absolute Gasteiger partial charge is 0.269 e. The van der Waals surface area contributed by atoms with Crippen LogP contribution in [0.4, 0.5) is 17.1 Å². The molecule has 0 aliphatic heterocycles. The predicted molar refractivity (Wildman–Crippen MR) is 92.7 cm³/mol. The number of nitro groups is 1. The molecule has 2 aromatic rings. The Kier molecular flexibility index (Phi) is 5.67. The molecule has 0 aromatic heterocycles. The van der Waals surface area contributed by atoms with Crippen molar-refractivity contribution in [3.63, 3.8) is 0 Å². The molecule has 0 radical (unpaired) electrons. The number of nitro benzene ring substituents is 1. The molecule has 0 atom stereocenters. The molecule has 0 saturated heterocycles. The first-order valence-electron chi connectivity index (χ1n) is 7.38. The van der Waals surface area contributed by atoms with Gasteiger partial charge in [-0.15, -0.1) is 0 Å². The SMILES string of the molecule is CC(=O)N(C)c1ccc(OCC(=O)Nc2ccc([N+](=O)[O-])cc2)cc1. The average Bonchev–Trinajstić information content (AvgIpc) is 2.60. The van der Waals surface area contributed by atoms with Crippen LogP contribution in [0.5, 0.6) is 5.75 Å². The number of non-ortho nitro benzene ring substituents is 1. The van der Waals surface area contributed by atoms with E-state index in [1.807, 2.05) is 0 Å². The maximum absolute atomic E-state index is 11.8. The molecule has 8 nitrogen and oxygen atoms in total. The third kappa shape index (κ3) is 5.03. The average molecular weight is 343 g/mol. The molecule has 2 amide bonds. The van der Waals surface area contributed by atoms with Gasteiger partial charge in [-0.1, -0.05) is 0 Å². The summed E-state index contributed by atoms with van der Waals surface area (Å²) in [6, 6.07) is 12.3. The van der Waals surface area contributed by atoms with Crippen molar-refractivity contribution in [2.45, 2.75) is 6.92 Å². The molecule has 0 fully saturated rings. The van der Waals surface area contributed by atoms with Crippen molar-refractivity contribution in [1.82, 2.24) is 0 Å². The van der Waals surface area contributed by atoms with Crippen LogP contribution in [0.15, 0.2) is 48.5 Å². The Balaban J connectivity index is 1.87. The number of anilines is 2. The van der Waals surface area contributed by atoms with Gasteiger partial charge in [0.05, 0.1) is 4.92 Å². The molecular formula is C17H17N3O5. The van der Waals surface area contributed by atoms with Crippen LogP contribution in [0.3, 0.4) is 0 Å². The molecule has 0 saturated carbocycles. The molecule has 0 heterocycles. The Bertz CT molecular complexity index is 772. The van der Waals surface area contributed by atoms with Crippen LogP contribution in [0.1, 0.15) is 6.92 Å². The van der Waals surface area contributed by atoms with E-state index in [1.165, 1.54) is 36.1 Å². The first kappa shape index (κ1) is 17.9. The van der Waals surface area contributed by atoms with Gasteiger partial charge in [-0.05, 0) is 36.4 Å². The topological polar surface area (TPSA) is 102 Å². The zero-order chi connectivity index (χ0) is 18.4. The highest BCUT2D eigenvalue weighted by atomic mass is 16.6. The number of carbonyl (C=O) groups is 2. The van der Waals surface area contributed by atoms with Crippen molar-refractivity contribution in [2.24, 2.45) is 0 Å². The van der Waals surface area contributed by atoms with Crippen molar-refractivity contribution in [2.75, 3.05) is 23.9 Å². The van der Waals surface area contributed by atoms with Gasteiger partial charge in [0.2, 0.25) is 5.91 Å². The number of hydrogen-bond acceptors (Lipinski definition) is 5. The van der Waals surface area contributed by atoms with Gasteiger partial charge in [0, 0.05) is 37.5 Å². The highest BCUT2D eigenvalue weighted by Crippen LogP contribution is 2.19. The minimum Gasteiger partial charge on any atom is -0.484 e. The van der Waals surface area contributed by atoms with Gasteiger partial charge in [-0.3, -0.25) is 19.7 Å². The van der Waals surface area contributed by atoms with Gasteiger partial charge in [0.25, 0.3) is 11.6 Å². The minimum absolute atomic E-state index is 0.0510. The molecule has 2 aromatic carbocycles. The Labute approximate surface area is 144 Å². The Morgan fingerprint density at radius 3 is 2.24 bits per heavy atom. The van der Waals surface area contributed by atoms with Crippen LogP contribution in [0.2, 0.25) is 0 Å². The summed E-state index contributed by atoms with van der Waals surface area (Å²) in [5.74, 6) is 0.00878. The number of ether oxygens (including phenoxy) is 1. The standard InChI is InChI=1S/C17H17N3O5/c1-12(21)19(2)14-7-9-16(10-8-14)25-11-17(22)18-13-3-5-15(6-4-13)20(23)24/h3-10H,11H2,1-2H3,(H,18,22). The van der Waals surface area contributed by atoms with Crippen LogP contribution in [-0.2, 0) is 9.59 Å². The van der Waals surface area contributed by atoms with Crippen LogP contribution in [-0.4, -0.2) is 30.4 Å². The fraction of sp³-hybridized carbons (Fsp3) is 0.176. The van der Waals surface area contributed by atoms with E-state index in [0.717, 1.165) is 5.69 Å². The molecule has 1 N–H and O–H groups in total. The van der Waals surface area contributed by atoms with Gasteiger partial charge in [0.15, 0.2) is 6.61 Å². The monoisotopic (exact) mass is 343 g/mol. The van der Waals surface area contributed by atoms with Gasteiger partial charge in [-0.2, -0.15) is 0 Å². The minimum atomic E-state index is -0.512. The Morgan fingerprint density at radius 2 is 1.72 bits per heavy atom. The summed E-state index contributed by atoms with van der Waals surface area (Å²) in [5.41, 5.74) is 1.11. The molecule has 0 aliphatic carbocycles. The maximum atomic E-state index is 11.8. The van der Waals surface area contributed by atoms with Gasteiger partial charge < -0.3 is 15.0 Å². The highest BCUT2D eigenvalue weighted by molar-refractivity contribution is 5.92. The van der Waals surface area contributed by atoms with Gasteiger partial charge in [0.1, 0.15) is 5.75 Å². The molecule has 2 rings (SSSR count). The lowest BCUT2D eigenvalue weighted by molar-refractivity contribution is -0.384. The van der Waals surface area contributed by atoms with Gasteiger partial charge in [-0.25, -0.2) is 0 Å². The second kappa shape index (κ2) is 7.91. The van der Waals surface area contributed by atoms with E-state index in [2.05, 4.69) is 5.32 Å². The third-order valence-electron chi connectivity index (χ3n) is 3.43. The summed E-state index contributed by atoms with van der Waals surface area (Å²) in [6.45, 7) is 1.26. The highest BCUT2D eigenvalue weighted by Gasteiger charge is 2.08. The zero-order valence-corrected chi connectivity index (χ0v) is 13.8. The van der Waals surface area contributed by atoms with E-state index in [0.29, 0.717) is 11.4 Å². The van der Waals surface area contributed by atoms with Crippen molar-refractivity contribution in [1.29, 1.82) is 0 Å². The number of nitrogens with one attached hydrogen (secondary N) is 1. The fourth-order valence-corrected chi connectivity index (χ4v) is 1.96. The number of hydrogen-bond donors (Lipinski definition) is 1. The first-order chi connectivity index (χ1) is 11.9. The van der Waals surface area contributed by atoms with E-state index in [4.69, 9.17) is 4.74 Å². The lowest BCUT2D eigenvalue weighted by Crippen LogP contribution is -2.22. The summed E-state index contributed by atoms with van der Waals surface area (Å²) in [4.78, 5) is 34.7. The van der Waals surface area contributed by atoms with E-state index in [1.54, 1.807) is 31.3 Å². The summed E-state index contributed by atoms with van der Waals surface area (Å²) in [7, 11) is 1.66. The molecule has 0 unspecified atom stereocenters. The van der Waals surface area contributed by atoms with Crippen LogP contribution in [0.25, 0.3) is 0 Å². The molecule has 0 bridgehead atoms. The molecule has 0 spiro atoms. The Morgan fingerprint density at radius 1 is 1.12 bits per heavy atom. The van der Waals surface area contributed by atoms with E-state index < -0.39 is 10.8 Å². The predicted octanol–water partition coefficient (Wildman–Crippen LogP) is 2.60. The zero-order valence-electron chi connectivity index (χ0n) is 13.8. The molecular weight excluding hydrogens is 326 g/mol. The number of carbonyl (C=O) groups excluding carboxylic acids is 2. The van der Waals surface area contributed by atoms with Crippen molar-refractivity contribution in [3.05, 3.63) is 58.6 Å². The van der Waals surface area contributed by atoms with E-state index >= 15 is 0 Å². The second-order valence-electron chi connectivity index (χ2n) is 5.21. The maximum Gasteiger partial charge on any atom is 0.269 e. The van der Waals surface area contributed by atoms with Crippen molar-refractivity contribution in [3.8, 4) is 5.75 Å². The number of rotatable bonds is 6. The van der Waals surface area contributed by atoms with E-state index in [-0.39, 0.29) is 18.2 Å². The third-order valence-corrected chi connectivity index (χ3v) is 3.43.